The van der Waals surface area contributed by atoms with E-state index in [9.17, 15) is 4.79 Å². The second-order valence-corrected chi connectivity index (χ2v) is 4.50. The fourth-order valence-corrected chi connectivity index (χ4v) is 1.82. The van der Waals surface area contributed by atoms with Gasteiger partial charge in [0.25, 0.3) is 5.91 Å². The number of carbonyl (C=O) groups excluding carboxylic acids is 1. The molecule has 0 saturated heterocycles. The lowest BCUT2D eigenvalue weighted by molar-refractivity contribution is 0.0927. The fraction of sp³-hybridized carbons (Fsp3) is 0.364. The Labute approximate surface area is 99.4 Å². The molecule has 1 aliphatic heterocycles. The third kappa shape index (κ3) is 2.28. The van der Waals surface area contributed by atoms with Gasteiger partial charge < -0.3 is 10.6 Å². The van der Waals surface area contributed by atoms with Crippen LogP contribution in [0.2, 0.25) is 5.02 Å². The predicted molar refractivity (Wildman–Crippen MR) is 64.6 cm³/mol. The number of anilines is 1. The van der Waals surface area contributed by atoms with Gasteiger partial charge in [-0.3, -0.25) is 10.1 Å². The Morgan fingerprint density at radius 3 is 2.81 bits per heavy atom. The average Bonchev–Trinajstić information content (AvgIpc) is 2.18. The van der Waals surface area contributed by atoms with E-state index in [0.29, 0.717) is 10.6 Å². The van der Waals surface area contributed by atoms with Gasteiger partial charge in [-0.25, -0.2) is 0 Å². The van der Waals surface area contributed by atoms with Crippen LogP contribution in [0.4, 0.5) is 5.69 Å². The van der Waals surface area contributed by atoms with Gasteiger partial charge in [-0.1, -0.05) is 11.6 Å². The van der Waals surface area contributed by atoms with Gasteiger partial charge in [0.2, 0.25) is 0 Å². The summed E-state index contributed by atoms with van der Waals surface area (Å²) in [6.07, 6.45) is -0.235. The van der Waals surface area contributed by atoms with Crippen molar-refractivity contribution in [2.45, 2.75) is 26.2 Å². The lowest BCUT2D eigenvalue weighted by Gasteiger charge is -2.29. The molecule has 1 heterocycles. The molecule has 5 heteroatoms. The van der Waals surface area contributed by atoms with Crippen molar-refractivity contribution < 1.29 is 4.79 Å². The monoisotopic (exact) mass is 239 g/mol. The lowest BCUT2D eigenvalue weighted by atomic mass is 10.1. The first-order valence-corrected chi connectivity index (χ1v) is 5.57. The van der Waals surface area contributed by atoms with E-state index in [4.69, 9.17) is 11.6 Å². The summed E-state index contributed by atoms with van der Waals surface area (Å²) in [5.41, 5.74) is 1.38. The zero-order valence-corrected chi connectivity index (χ0v) is 9.93. The predicted octanol–water partition coefficient (Wildman–Crippen LogP) is 1.78. The van der Waals surface area contributed by atoms with Crippen molar-refractivity contribution in [1.82, 2.24) is 10.6 Å². The minimum atomic E-state index is -0.235. The van der Waals surface area contributed by atoms with Gasteiger partial charge in [0, 0.05) is 16.8 Å². The van der Waals surface area contributed by atoms with E-state index in [1.54, 1.807) is 12.1 Å². The molecule has 0 fully saturated rings. The number of rotatable bonds is 2. The molecule has 0 spiro atoms. The van der Waals surface area contributed by atoms with E-state index in [2.05, 4.69) is 16.0 Å². The van der Waals surface area contributed by atoms with Crippen LogP contribution in [0.3, 0.4) is 0 Å². The molecule has 1 aliphatic rings. The highest BCUT2D eigenvalue weighted by Gasteiger charge is 2.23. The van der Waals surface area contributed by atoms with Crippen molar-refractivity contribution in [1.29, 1.82) is 0 Å². The van der Waals surface area contributed by atoms with Gasteiger partial charge in [-0.15, -0.1) is 0 Å². The second kappa shape index (κ2) is 4.31. The van der Waals surface area contributed by atoms with Gasteiger partial charge in [0.15, 0.2) is 6.29 Å². The zero-order valence-electron chi connectivity index (χ0n) is 9.17. The van der Waals surface area contributed by atoms with Crippen LogP contribution in [-0.2, 0) is 0 Å². The molecule has 0 aliphatic carbocycles. The number of amides is 1. The van der Waals surface area contributed by atoms with E-state index < -0.39 is 0 Å². The highest BCUT2D eigenvalue weighted by molar-refractivity contribution is 6.31. The second-order valence-electron chi connectivity index (χ2n) is 4.06. The van der Waals surface area contributed by atoms with E-state index in [-0.39, 0.29) is 18.2 Å². The number of hydrogen-bond donors (Lipinski definition) is 3. The molecular formula is C11H14ClN3O. The summed E-state index contributed by atoms with van der Waals surface area (Å²) in [4.78, 5) is 11.8. The molecule has 4 nitrogen and oxygen atoms in total. The third-order valence-electron chi connectivity index (χ3n) is 2.30. The molecule has 3 N–H and O–H groups in total. The quantitative estimate of drug-likeness (QED) is 0.738. The van der Waals surface area contributed by atoms with Crippen LogP contribution in [0.15, 0.2) is 18.2 Å². The largest absolute Gasteiger partial charge is 0.352 e. The molecule has 16 heavy (non-hydrogen) atoms. The van der Waals surface area contributed by atoms with Crippen molar-refractivity contribution in [2.75, 3.05) is 5.32 Å². The van der Waals surface area contributed by atoms with Gasteiger partial charge in [-0.05, 0) is 32.0 Å². The molecule has 1 amide bonds. The van der Waals surface area contributed by atoms with E-state index in [1.807, 2.05) is 19.9 Å². The summed E-state index contributed by atoms with van der Waals surface area (Å²) in [6, 6.07) is 5.51. The van der Waals surface area contributed by atoms with Crippen molar-refractivity contribution in [3.8, 4) is 0 Å². The van der Waals surface area contributed by atoms with E-state index in [0.717, 1.165) is 5.69 Å². The smallest absolute Gasteiger partial charge is 0.256 e. The van der Waals surface area contributed by atoms with Crippen LogP contribution in [0, 0.1) is 0 Å². The molecule has 2 rings (SSSR count). The van der Waals surface area contributed by atoms with Crippen molar-refractivity contribution in [3.05, 3.63) is 28.8 Å². The molecular weight excluding hydrogens is 226 g/mol. The molecule has 1 unspecified atom stereocenters. The van der Waals surface area contributed by atoms with Gasteiger partial charge in [0.05, 0.1) is 5.56 Å². The highest BCUT2D eigenvalue weighted by atomic mass is 35.5. The van der Waals surface area contributed by atoms with Crippen LogP contribution in [0.5, 0.6) is 0 Å². The van der Waals surface area contributed by atoms with E-state index >= 15 is 0 Å². The highest BCUT2D eigenvalue weighted by Crippen LogP contribution is 2.23. The topological polar surface area (TPSA) is 53.2 Å². The number of fused-ring (bicyclic) bond motifs is 1. The Morgan fingerprint density at radius 2 is 2.12 bits per heavy atom. The summed E-state index contributed by atoms with van der Waals surface area (Å²) in [5.74, 6) is -0.116. The Kier molecular flexibility index (Phi) is 3.03. The molecule has 86 valence electrons. The summed E-state index contributed by atoms with van der Waals surface area (Å²) >= 11 is 5.84. The number of hydrogen-bond acceptors (Lipinski definition) is 3. The lowest BCUT2D eigenvalue weighted by Crippen LogP contribution is -2.55. The summed E-state index contributed by atoms with van der Waals surface area (Å²) in [5, 5.41) is 9.75. The molecule has 0 radical (unpaired) electrons. The minimum absolute atomic E-state index is 0.116. The van der Waals surface area contributed by atoms with E-state index in [1.165, 1.54) is 0 Å². The molecule has 1 aromatic carbocycles. The van der Waals surface area contributed by atoms with Crippen LogP contribution in [0.1, 0.15) is 24.2 Å². The minimum Gasteiger partial charge on any atom is -0.352 e. The first-order valence-electron chi connectivity index (χ1n) is 5.19. The first kappa shape index (κ1) is 11.2. The van der Waals surface area contributed by atoms with Crippen molar-refractivity contribution in [2.24, 2.45) is 0 Å². The van der Waals surface area contributed by atoms with Gasteiger partial charge in [-0.2, -0.15) is 0 Å². The maximum atomic E-state index is 11.8. The number of carbonyl (C=O) groups is 1. The van der Waals surface area contributed by atoms with Crippen molar-refractivity contribution >= 4 is 23.2 Å². The molecule has 1 aromatic rings. The SMILES string of the molecule is CC(C)NC1NC(=O)c2cc(Cl)ccc2N1. The number of benzene rings is 1. The molecule has 0 aromatic heterocycles. The Morgan fingerprint density at radius 1 is 1.38 bits per heavy atom. The number of halogens is 1. The number of nitrogens with one attached hydrogen (secondary N) is 3. The average molecular weight is 240 g/mol. The zero-order chi connectivity index (χ0) is 11.7. The molecule has 1 atom stereocenters. The first-order chi connectivity index (χ1) is 7.56. The summed E-state index contributed by atoms with van der Waals surface area (Å²) < 4.78 is 0. The third-order valence-corrected chi connectivity index (χ3v) is 2.54. The van der Waals surface area contributed by atoms with Crippen LogP contribution >= 0.6 is 11.6 Å². The standard InChI is InChI=1S/C11H14ClN3O/c1-6(2)13-11-14-9-4-3-7(12)5-8(9)10(16)15-11/h3-6,11,13-14H,1-2H3,(H,15,16). The van der Waals surface area contributed by atoms with Gasteiger partial charge >= 0.3 is 0 Å². The maximum absolute atomic E-state index is 11.8. The van der Waals surface area contributed by atoms with Crippen molar-refractivity contribution in [3.63, 3.8) is 0 Å². The Balaban J connectivity index is 2.23. The fourth-order valence-electron chi connectivity index (χ4n) is 1.65. The Bertz CT molecular complexity index is 420. The Hall–Kier alpha value is -1.26. The van der Waals surface area contributed by atoms with Gasteiger partial charge in [0.1, 0.15) is 0 Å². The molecule has 0 bridgehead atoms. The maximum Gasteiger partial charge on any atom is 0.256 e. The summed E-state index contributed by atoms with van der Waals surface area (Å²) in [6.45, 7) is 4.04. The van der Waals surface area contributed by atoms with Crippen LogP contribution in [0.25, 0.3) is 0 Å². The normalized spacial score (nSPS) is 19.0. The molecule has 0 saturated carbocycles. The van der Waals surface area contributed by atoms with Crippen LogP contribution < -0.4 is 16.0 Å². The summed E-state index contributed by atoms with van der Waals surface area (Å²) in [7, 11) is 0. The van der Waals surface area contributed by atoms with Crippen LogP contribution in [-0.4, -0.2) is 18.2 Å².